The number of nitrogens with zero attached hydrogens (tertiary/aromatic N) is 1. The van der Waals surface area contributed by atoms with Gasteiger partial charge in [0.1, 0.15) is 6.04 Å². The minimum absolute atomic E-state index is 0. The highest BCUT2D eigenvalue weighted by Gasteiger charge is 2.29. The van der Waals surface area contributed by atoms with Crippen molar-refractivity contribution in [2.45, 2.75) is 32.2 Å². The number of carboxylic acid groups (broad SMARTS) is 1. The molecule has 4 heteroatoms. The quantitative estimate of drug-likeness (QED) is 0.913. The van der Waals surface area contributed by atoms with Gasteiger partial charge in [-0.3, -0.25) is 9.69 Å². The second-order valence-electron chi connectivity index (χ2n) is 4.77. The maximum absolute atomic E-state index is 11.0. The summed E-state index contributed by atoms with van der Waals surface area (Å²) in [6, 6.07) is 8.20. The molecule has 0 aromatic heterocycles. The number of aryl methyl sites for hydroxylation is 1. The van der Waals surface area contributed by atoms with Crippen LogP contribution in [-0.2, 0) is 11.2 Å². The van der Waals surface area contributed by atoms with Gasteiger partial charge in [-0.1, -0.05) is 29.8 Å². The second-order valence-corrected chi connectivity index (χ2v) is 4.77. The van der Waals surface area contributed by atoms with E-state index < -0.39 is 5.97 Å². The topological polar surface area (TPSA) is 40.5 Å². The third-order valence-electron chi connectivity index (χ3n) is 3.46. The molecule has 1 aliphatic heterocycles. The average molecular weight is 270 g/mol. The smallest absolute Gasteiger partial charge is 0.320 e. The Labute approximate surface area is 114 Å². The summed E-state index contributed by atoms with van der Waals surface area (Å²) in [6.07, 6.45) is 2.73. The maximum atomic E-state index is 11.0. The Balaban J connectivity index is 0.00000162. The Morgan fingerprint density at radius 3 is 2.67 bits per heavy atom. The first-order valence-electron chi connectivity index (χ1n) is 6.19. The Morgan fingerprint density at radius 2 is 2.06 bits per heavy atom. The van der Waals surface area contributed by atoms with E-state index in [1.54, 1.807) is 0 Å². The normalized spacial score (nSPS) is 19.5. The highest BCUT2D eigenvalue weighted by Crippen LogP contribution is 2.17. The van der Waals surface area contributed by atoms with E-state index in [1.165, 1.54) is 11.1 Å². The first-order valence-corrected chi connectivity index (χ1v) is 6.19. The van der Waals surface area contributed by atoms with Crippen LogP contribution in [0.15, 0.2) is 24.3 Å². The molecule has 1 heterocycles. The summed E-state index contributed by atoms with van der Waals surface area (Å²) < 4.78 is 0. The van der Waals surface area contributed by atoms with Gasteiger partial charge < -0.3 is 5.11 Å². The molecular weight excluding hydrogens is 250 g/mol. The van der Waals surface area contributed by atoms with Gasteiger partial charge in [0.2, 0.25) is 0 Å². The van der Waals surface area contributed by atoms with Gasteiger partial charge in [0, 0.05) is 6.54 Å². The number of likely N-dealkylation sites (tertiary alicyclic amines) is 1. The molecule has 2 rings (SSSR count). The summed E-state index contributed by atoms with van der Waals surface area (Å²) in [5.41, 5.74) is 2.55. The SMILES string of the molecule is Cc1ccc(CCN2CCCC2C(=O)O)cc1.Cl. The zero-order chi connectivity index (χ0) is 12.3. The average Bonchev–Trinajstić information content (AvgIpc) is 2.76. The number of halogens is 1. The van der Waals surface area contributed by atoms with E-state index in [0.717, 1.165) is 32.4 Å². The van der Waals surface area contributed by atoms with Crippen molar-refractivity contribution >= 4 is 18.4 Å². The van der Waals surface area contributed by atoms with Crippen molar-refractivity contribution in [2.24, 2.45) is 0 Å². The van der Waals surface area contributed by atoms with Gasteiger partial charge in [0.05, 0.1) is 0 Å². The number of benzene rings is 1. The van der Waals surface area contributed by atoms with Crippen LogP contribution in [-0.4, -0.2) is 35.1 Å². The second kappa shape index (κ2) is 6.76. The molecule has 1 fully saturated rings. The van der Waals surface area contributed by atoms with Crippen LogP contribution in [0.4, 0.5) is 0 Å². The van der Waals surface area contributed by atoms with Gasteiger partial charge in [0.15, 0.2) is 0 Å². The predicted octanol–water partition coefficient (Wildman–Crippen LogP) is 2.51. The van der Waals surface area contributed by atoms with Crippen molar-refractivity contribution in [1.29, 1.82) is 0 Å². The van der Waals surface area contributed by atoms with Crippen LogP contribution in [0.1, 0.15) is 24.0 Å². The van der Waals surface area contributed by atoms with Crippen molar-refractivity contribution in [3.8, 4) is 0 Å². The zero-order valence-corrected chi connectivity index (χ0v) is 11.4. The minimum atomic E-state index is -0.675. The van der Waals surface area contributed by atoms with Crippen molar-refractivity contribution in [1.82, 2.24) is 4.90 Å². The Morgan fingerprint density at radius 1 is 1.39 bits per heavy atom. The number of carboxylic acids is 1. The molecule has 0 radical (unpaired) electrons. The molecule has 1 atom stereocenters. The predicted molar refractivity (Wildman–Crippen MR) is 74.4 cm³/mol. The maximum Gasteiger partial charge on any atom is 0.320 e. The third-order valence-corrected chi connectivity index (χ3v) is 3.46. The van der Waals surface area contributed by atoms with E-state index in [2.05, 4.69) is 36.1 Å². The lowest BCUT2D eigenvalue weighted by Gasteiger charge is -2.20. The third kappa shape index (κ3) is 3.72. The summed E-state index contributed by atoms with van der Waals surface area (Å²) in [7, 11) is 0. The van der Waals surface area contributed by atoms with Crippen LogP contribution in [0.25, 0.3) is 0 Å². The van der Waals surface area contributed by atoms with E-state index in [1.807, 2.05) is 0 Å². The molecule has 1 saturated heterocycles. The van der Waals surface area contributed by atoms with Crippen molar-refractivity contribution in [2.75, 3.05) is 13.1 Å². The van der Waals surface area contributed by atoms with Gasteiger partial charge in [-0.05, 0) is 38.3 Å². The first kappa shape index (κ1) is 15.0. The van der Waals surface area contributed by atoms with Crippen molar-refractivity contribution < 1.29 is 9.90 Å². The monoisotopic (exact) mass is 269 g/mol. The summed E-state index contributed by atoms with van der Waals surface area (Å²) in [5, 5.41) is 9.08. The molecule has 0 bridgehead atoms. The van der Waals surface area contributed by atoms with Crippen LogP contribution in [0, 0.1) is 6.92 Å². The van der Waals surface area contributed by atoms with E-state index in [4.69, 9.17) is 5.11 Å². The lowest BCUT2D eigenvalue weighted by Crippen LogP contribution is -2.37. The fourth-order valence-electron chi connectivity index (χ4n) is 2.40. The Hall–Kier alpha value is -1.06. The lowest BCUT2D eigenvalue weighted by atomic mass is 10.1. The van der Waals surface area contributed by atoms with Crippen LogP contribution in [0.2, 0.25) is 0 Å². The molecule has 1 unspecified atom stereocenters. The Kier molecular flexibility index (Phi) is 5.63. The zero-order valence-electron chi connectivity index (χ0n) is 10.6. The van der Waals surface area contributed by atoms with Crippen LogP contribution < -0.4 is 0 Å². The molecule has 100 valence electrons. The molecule has 1 N–H and O–H groups in total. The van der Waals surface area contributed by atoms with E-state index in [0.29, 0.717) is 0 Å². The molecule has 1 aromatic carbocycles. The first-order chi connectivity index (χ1) is 8.16. The van der Waals surface area contributed by atoms with Crippen LogP contribution >= 0.6 is 12.4 Å². The van der Waals surface area contributed by atoms with Gasteiger partial charge in [-0.25, -0.2) is 0 Å². The van der Waals surface area contributed by atoms with E-state index in [-0.39, 0.29) is 18.4 Å². The number of rotatable bonds is 4. The minimum Gasteiger partial charge on any atom is -0.480 e. The largest absolute Gasteiger partial charge is 0.480 e. The molecule has 18 heavy (non-hydrogen) atoms. The van der Waals surface area contributed by atoms with Crippen LogP contribution in [0.5, 0.6) is 0 Å². The van der Waals surface area contributed by atoms with Crippen LogP contribution in [0.3, 0.4) is 0 Å². The molecule has 0 saturated carbocycles. The summed E-state index contributed by atoms with van der Waals surface area (Å²) in [4.78, 5) is 13.1. The van der Waals surface area contributed by atoms with Gasteiger partial charge in [0.25, 0.3) is 0 Å². The number of aliphatic carboxylic acids is 1. The fraction of sp³-hybridized carbons (Fsp3) is 0.500. The summed E-state index contributed by atoms with van der Waals surface area (Å²) in [5.74, 6) is -0.675. The molecule has 3 nitrogen and oxygen atoms in total. The molecule has 0 spiro atoms. The van der Waals surface area contributed by atoms with E-state index >= 15 is 0 Å². The number of hydrogen-bond donors (Lipinski definition) is 1. The summed E-state index contributed by atoms with van der Waals surface area (Å²) >= 11 is 0. The van der Waals surface area contributed by atoms with Gasteiger partial charge >= 0.3 is 5.97 Å². The fourth-order valence-corrected chi connectivity index (χ4v) is 2.40. The van der Waals surface area contributed by atoms with E-state index in [9.17, 15) is 4.79 Å². The van der Waals surface area contributed by atoms with Gasteiger partial charge in [-0.15, -0.1) is 12.4 Å². The van der Waals surface area contributed by atoms with Gasteiger partial charge in [-0.2, -0.15) is 0 Å². The molecule has 1 aliphatic rings. The highest BCUT2D eigenvalue weighted by atomic mass is 35.5. The molecule has 1 aromatic rings. The molecule has 0 amide bonds. The highest BCUT2D eigenvalue weighted by molar-refractivity contribution is 5.85. The van der Waals surface area contributed by atoms with Crippen molar-refractivity contribution in [3.63, 3.8) is 0 Å². The summed E-state index contributed by atoms with van der Waals surface area (Å²) in [6.45, 7) is 3.84. The number of carbonyl (C=O) groups is 1. The standard InChI is InChI=1S/C14H19NO2.ClH/c1-11-4-6-12(7-5-11)8-10-15-9-2-3-13(15)14(16)17;/h4-7,13H,2-3,8-10H2,1H3,(H,16,17);1H. The number of hydrogen-bond acceptors (Lipinski definition) is 2. The Bertz CT molecular complexity index is 391. The molecular formula is C14H20ClNO2. The lowest BCUT2D eigenvalue weighted by molar-refractivity contribution is -0.142. The molecule has 0 aliphatic carbocycles. The van der Waals surface area contributed by atoms with Crippen molar-refractivity contribution in [3.05, 3.63) is 35.4 Å².